The van der Waals surface area contributed by atoms with E-state index in [4.69, 9.17) is 4.74 Å². The van der Waals surface area contributed by atoms with Crippen LogP contribution in [0.3, 0.4) is 0 Å². The van der Waals surface area contributed by atoms with Gasteiger partial charge in [-0.25, -0.2) is 14.6 Å². The number of hydrogen-bond donors (Lipinski definition) is 4. The molecule has 3 amide bonds. The molecule has 5 aliphatic rings. The predicted molar refractivity (Wildman–Crippen MR) is 166 cm³/mol. The maximum atomic E-state index is 13.1. The molecule has 0 saturated heterocycles. The van der Waals surface area contributed by atoms with Gasteiger partial charge in [-0.05, 0) is 64.9 Å². The molecule has 0 radical (unpaired) electrons. The minimum absolute atomic E-state index is 0.0509. The molecule has 5 aliphatic carbocycles. The van der Waals surface area contributed by atoms with Crippen molar-refractivity contribution in [3.8, 4) is 0 Å². The van der Waals surface area contributed by atoms with E-state index < -0.39 is 12.1 Å². The molecule has 0 aromatic carbocycles. The van der Waals surface area contributed by atoms with Crippen LogP contribution in [0.15, 0.2) is 93.4 Å². The van der Waals surface area contributed by atoms with Gasteiger partial charge in [-0.15, -0.1) is 0 Å². The molecule has 1 saturated carbocycles. The van der Waals surface area contributed by atoms with Crippen molar-refractivity contribution >= 4 is 18.1 Å². The van der Waals surface area contributed by atoms with E-state index in [1.165, 1.54) is 28.4 Å². The third-order valence-corrected chi connectivity index (χ3v) is 9.00. The number of alkyl carbamates (subject to hydrolysis) is 1. The van der Waals surface area contributed by atoms with Gasteiger partial charge in [-0.2, -0.15) is 0 Å². The van der Waals surface area contributed by atoms with Gasteiger partial charge in [0.05, 0.1) is 0 Å². The molecule has 43 heavy (non-hydrogen) atoms. The maximum absolute atomic E-state index is 13.1. The quantitative estimate of drug-likeness (QED) is 0.351. The number of hydrogen-bond acceptors (Lipinski definition) is 5. The van der Waals surface area contributed by atoms with E-state index >= 15 is 0 Å². The minimum Gasteiger partial charge on any atom is -0.445 e. The standard InChI is InChI=1S/C34H39N5O4/c1-20-14-27(40)38-30(36-20)39-31(41)35-19-34(4)16-25(15-33(2,3)18-34)37-32(42)43-17-24-11-10-23-9-8-21-6-5-7-22-12-13-26(24)29(23)28(21)22/h5-14,25,28-29H,15-19H2,1-4H3,(H,37,42)(H3,35,36,38,39,40,41). The largest absolute Gasteiger partial charge is 0.445 e. The molecule has 4 atom stereocenters. The fourth-order valence-electron chi connectivity index (χ4n) is 7.71. The molecular formula is C34H39N5O4. The Balaban J connectivity index is 1.06. The Morgan fingerprint density at radius 1 is 1.00 bits per heavy atom. The lowest BCUT2D eigenvalue weighted by Crippen LogP contribution is -2.51. The number of aromatic nitrogens is 2. The Morgan fingerprint density at radius 3 is 2.53 bits per heavy atom. The number of H-pyrrole nitrogens is 1. The smallest absolute Gasteiger partial charge is 0.407 e. The number of nitrogens with one attached hydrogen (secondary N) is 4. The SMILES string of the molecule is Cc1cc(=O)[nH]c(NC(=O)NCC2(C)CC(NC(=O)OCC3=C4C=CC5=CC=CC6=CC=C(C=C3)C4C56)CC(C)(C)C2)n1. The number of rotatable bonds is 6. The van der Waals surface area contributed by atoms with Crippen LogP contribution in [0.1, 0.15) is 45.7 Å². The van der Waals surface area contributed by atoms with Crippen molar-refractivity contribution in [3.63, 3.8) is 0 Å². The number of nitrogens with zero attached hydrogens (tertiary/aromatic N) is 1. The molecule has 0 bridgehead atoms. The lowest BCUT2D eigenvalue weighted by atomic mass is 9.62. The number of anilines is 1. The predicted octanol–water partition coefficient (Wildman–Crippen LogP) is 5.54. The second-order valence-electron chi connectivity index (χ2n) is 13.5. The number of carbonyl (C=O) groups is 2. The fourth-order valence-corrected chi connectivity index (χ4v) is 7.71. The zero-order chi connectivity index (χ0) is 30.4. The van der Waals surface area contributed by atoms with Gasteiger partial charge in [0.25, 0.3) is 5.56 Å². The second-order valence-corrected chi connectivity index (χ2v) is 13.5. The summed E-state index contributed by atoms with van der Waals surface area (Å²) in [6.45, 7) is 8.78. The van der Waals surface area contributed by atoms with Gasteiger partial charge in [-0.3, -0.25) is 15.1 Å². The summed E-state index contributed by atoms with van der Waals surface area (Å²) < 4.78 is 5.80. The van der Waals surface area contributed by atoms with Crippen LogP contribution < -0.4 is 21.5 Å². The molecule has 1 fully saturated rings. The van der Waals surface area contributed by atoms with Crippen LogP contribution in [-0.4, -0.2) is 41.3 Å². The summed E-state index contributed by atoms with van der Waals surface area (Å²) in [6.07, 6.45) is 21.4. The van der Waals surface area contributed by atoms with Crippen LogP contribution >= 0.6 is 0 Å². The van der Waals surface area contributed by atoms with E-state index in [2.05, 4.69) is 101 Å². The van der Waals surface area contributed by atoms with Crippen molar-refractivity contribution in [1.29, 1.82) is 0 Å². The molecule has 0 aliphatic heterocycles. The number of urea groups is 1. The highest BCUT2D eigenvalue weighted by Crippen LogP contribution is 2.49. The molecule has 224 valence electrons. The van der Waals surface area contributed by atoms with E-state index in [1.54, 1.807) is 6.92 Å². The van der Waals surface area contributed by atoms with Crippen molar-refractivity contribution in [2.75, 3.05) is 18.5 Å². The summed E-state index contributed by atoms with van der Waals surface area (Å²) >= 11 is 0. The van der Waals surface area contributed by atoms with E-state index in [-0.39, 0.29) is 40.9 Å². The van der Waals surface area contributed by atoms with Gasteiger partial charge >= 0.3 is 12.1 Å². The topological polar surface area (TPSA) is 125 Å². The first-order chi connectivity index (χ1) is 20.5. The van der Waals surface area contributed by atoms with Crippen LogP contribution in [0.2, 0.25) is 0 Å². The minimum atomic E-state index is -0.445. The average molecular weight is 582 g/mol. The van der Waals surface area contributed by atoms with Crippen molar-refractivity contribution in [2.24, 2.45) is 22.7 Å². The van der Waals surface area contributed by atoms with Crippen LogP contribution in [0, 0.1) is 29.6 Å². The van der Waals surface area contributed by atoms with Crippen LogP contribution in [-0.2, 0) is 4.74 Å². The molecule has 1 aromatic heterocycles. The second kappa shape index (κ2) is 11.0. The first kappa shape index (κ1) is 28.7. The third-order valence-electron chi connectivity index (χ3n) is 9.00. The summed E-state index contributed by atoms with van der Waals surface area (Å²) in [4.78, 5) is 44.0. The Kier molecular flexibility index (Phi) is 7.36. The van der Waals surface area contributed by atoms with Crippen molar-refractivity contribution in [1.82, 2.24) is 20.6 Å². The zero-order valence-corrected chi connectivity index (χ0v) is 25.1. The summed E-state index contributed by atoms with van der Waals surface area (Å²) in [5.41, 5.74) is 6.04. The number of amides is 3. The van der Waals surface area contributed by atoms with Crippen LogP contribution in [0.5, 0.6) is 0 Å². The van der Waals surface area contributed by atoms with Gasteiger partial charge in [0.1, 0.15) is 6.61 Å². The molecule has 6 rings (SSSR count). The summed E-state index contributed by atoms with van der Waals surface area (Å²) in [5.74, 6) is 0.665. The maximum Gasteiger partial charge on any atom is 0.407 e. The van der Waals surface area contributed by atoms with Gasteiger partial charge < -0.3 is 15.4 Å². The Labute approximate surface area is 251 Å². The fraction of sp³-hybridized carbons (Fsp3) is 0.412. The Bertz CT molecular complexity index is 1640. The molecule has 1 aromatic rings. The van der Waals surface area contributed by atoms with E-state index in [0.29, 0.717) is 24.6 Å². The lowest BCUT2D eigenvalue weighted by molar-refractivity contribution is 0.0680. The summed E-state index contributed by atoms with van der Waals surface area (Å²) in [7, 11) is 0. The highest BCUT2D eigenvalue weighted by molar-refractivity contribution is 5.87. The number of carbonyl (C=O) groups excluding carboxylic acids is 2. The number of aromatic amines is 1. The number of allylic oxidation sites excluding steroid dienone is 12. The summed E-state index contributed by atoms with van der Waals surface area (Å²) in [6, 6.07) is 0.816. The Hall–Kier alpha value is -4.40. The summed E-state index contributed by atoms with van der Waals surface area (Å²) in [5, 5.41) is 8.64. The normalized spacial score (nSPS) is 27.8. The first-order valence-corrected chi connectivity index (χ1v) is 14.9. The van der Waals surface area contributed by atoms with E-state index in [1.807, 2.05) is 0 Å². The van der Waals surface area contributed by atoms with Crippen molar-refractivity contribution in [3.05, 3.63) is 105 Å². The third kappa shape index (κ3) is 6.21. The molecule has 4 N–H and O–H groups in total. The lowest BCUT2D eigenvalue weighted by Gasteiger charge is -2.46. The van der Waals surface area contributed by atoms with E-state index in [9.17, 15) is 14.4 Å². The van der Waals surface area contributed by atoms with E-state index in [0.717, 1.165) is 18.4 Å². The van der Waals surface area contributed by atoms with Crippen LogP contribution in [0.25, 0.3) is 0 Å². The molecular weight excluding hydrogens is 542 g/mol. The van der Waals surface area contributed by atoms with Gasteiger partial charge in [0, 0.05) is 36.2 Å². The zero-order valence-electron chi connectivity index (χ0n) is 25.1. The average Bonchev–Trinajstić information content (AvgIpc) is 2.92. The molecule has 9 heteroatoms. The molecule has 4 unspecified atom stereocenters. The van der Waals surface area contributed by atoms with Crippen molar-refractivity contribution in [2.45, 2.75) is 53.0 Å². The molecule has 1 heterocycles. The van der Waals surface area contributed by atoms with Gasteiger partial charge in [-0.1, -0.05) is 75.5 Å². The van der Waals surface area contributed by atoms with Crippen LogP contribution in [0.4, 0.5) is 15.5 Å². The molecule has 0 spiro atoms. The first-order valence-electron chi connectivity index (χ1n) is 14.9. The van der Waals surface area contributed by atoms with Gasteiger partial charge in [0.15, 0.2) is 0 Å². The highest BCUT2D eigenvalue weighted by Gasteiger charge is 2.42. The monoisotopic (exact) mass is 581 g/mol. The number of ether oxygens (including phenoxy) is 1. The van der Waals surface area contributed by atoms with Gasteiger partial charge in [0.2, 0.25) is 5.95 Å². The Morgan fingerprint density at radius 2 is 1.74 bits per heavy atom. The highest BCUT2D eigenvalue weighted by atomic mass is 16.5. The van der Waals surface area contributed by atoms with Crippen molar-refractivity contribution < 1.29 is 14.3 Å². The molecule has 9 nitrogen and oxygen atoms in total. The number of aryl methyl sites for hydroxylation is 1.